The third-order valence-electron chi connectivity index (χ3n) is 4.85. The lowest BCUT2D eigenvalue weighted by Gasteiger charge is -2.14. The first-order valence-electron chi connectivity index (χ1n) is 8.79. The lowest BCUT2D eigenvalue weighted by Crippen LogP contribution is -2.40. The number of hydrogen-bond acceptors (Lipinski definition) is 3. The number of amides is 1. The summed E-state index contributed by atoms with van der Waals surface area (Å²) in [6.07, 6.45) is 5.27. The van der Waals surface area contributed by atoms with Gasteiger partial charge in [0.1, 0.15) is 6.04 Å². The van der Waals surface area contributed by atoms with Gasteiger partial charge in [-0.15, -0.1) is 0 Å². The minimum absolute atomic E-state index is 0.158. The molecule has 1 atom stereocenters. The topological polar surface area (TPSA) is 104 Å². The van der Waals surface area contributed by atoms with Gasteiger partial charge in [-0.3, -0.25) is 9.36 Å². The average Bonchev–Trinajstić information content (AvgIpc) is 3.19. The van der Waals surface area contributed by atoms with Crippen LogP contribution in [-0.2, 0) is 4.79 Å². The molecule has 2 aromatic rings. The highest BCUT2D eigenvalue weighted by molar-refractivity contribution is 5.99. The van der Waals surface area contributed by atoms with Gasteiger partial charge in [0.05, 0.1) is 11.0 Å². The Labute approximate surface area is 145 Å². The molecule has 25 heavy (non-hydrogen) atoms. The molecule has 1 unspecified atom stereocenters. The summed E-state index contributed by atoms with van der Waals surface area (Å²) in [6.45, 7) is 1.87. The number of nitrogens with zero attached hydrogens (tertiary/aromatic N) is 1. The first-order chi connectivity index (χ1) is 12.0. The summed E-state index contributed by atoms with van der Waals surface area (Å²) in [6, 6.07) is 4.32. The minimum Gasteiger partial charge on any atom is -0.480 e. The van der Waals surface area contributed by atoms with Crippen molar-refractivity contribution in [2.75, 3.05) is 0 Å². The van der Waals surface area contributed by atoms with Crippen molar-refractivity contribution in [2.24, 2.45) is 0 Å². The summed E-state index contributed by atoms with van der Waals surface area (Å²) in [5.74, 6) is -1.49. The lowest BCUT2D eigenvalue weighted by molar-refractivity contribution is -0.139. The van der Waals surface area contributed by atoms with Gasteiger partial charge in [0.2, 0.25) is 0 Å². The van der Waals surface area contributed by atoms with Crippen LogP contribution in [0, 0.1) is 0 Å². The second-order valence-corrected chi connectivity index (χ2v) is 6.62. The number of carboxylic acids is 1. The van der Waals surface area contributed by atoms with Gasteiger partial charge in [-0.1, -0.05) is 26.2 Å². The van der Waals surface area contributed by atoms with Crippen LogP contribution in [-0.4, -0.2) is 32.6 Å². The highest BCUT2D eigenvalue weighted by atomic mass is 16.4. The number of carbonyl (C=O) groups excluding carboxylic acids is 1. The zero-order valence-electron chi connectivity index (χ0n) is 14.2. The molecule has 0 spiro atoms. The fraction of sp³-hybridized carbons (Fsp3) is 0.500. The van der Waals surface area contributed by atoms with E-state index in [1.54, 1.807) is 22.8 Å². The standard InChI is InChI=1S/C18H23N3O4/c1-2-5-13(17(23)24)19-16(22)11-8-9-15-14(10-11)20-18(25)21(15)12-6-3-4-7-12/h8-10,12-13H,2-7H2,1H3,(H,19,22)(H,20,25)(H,23,24). The van der Waals surface area contributed by atoms with E-state index < -0.39 is 17.9 Å². The van der Waals surface area contributed by atoms with Gasteiger partial charge in [-0.25, -0.2) is 9.59 Å². The fourth-order valence-corrected chi connectivity index (χ4v) is 3.58. The largest absolute Gasteiger partial charge is 0.480 e. The molecule has 1 fully saturated rings. The number of benzene rings is 1. The van der Waals surface area contributed by atoms with Crippen molar-refractivity contribution in [3.8, 4) is 0 Å². The number of fused-ring (bicyclic) bond motifs is 1. The van der Waals surface area contributed by atoms with Crippen molar-refractivity contribution in [1.82, 2.24) is 14.9 Å². The van der Waals surface area contributed by atoms with Crippen LogP contribution >= 0.6 is 0 Å². The number of aromatic nitrogens is 2. The van der Waals surface area contributed by atoms with Gasteiger partial charge in [0.15, 0.2) is 0 Å². The van der Waals surface area contributed by atoms with Gasteiger partial charge in [-0.2, -0.15) is 0 Å². The normalized spacial score (nSPS) is 16.2. The molecule has 1 aliphatic carbocycles. The molecule has 1 saturated carbocycles. The Kier molecular flexibility index (Phi) is 4.92. The maximum Gasteiger partial charge on any atom is 0.326 e. The molecule has 1 aromatic carbocycles. The van der Waals surface area contributed by atoms with Crippen molar-refractivity contribution in [3.63, 3.8) is 0 Å². The van der Waals surface area contributed by atoms with Gasteiger partial charge >= 0.3 is 11.7 Å². The fourth-order valence-electron chi connectivity index (χ4n) is 3.58. The van der Waals surface area contributed by atoms with Gasteiger partial charge in [-0.05, 0) is 37.5 Å². The van der Waals surface area contributed by atoms with E-state index in [9.17, 15) is 14.4 Å². The quantitative estimate of drug-likeness (QED) is 0.748. The molecule has 0 radical (unpaired) electrons. The number of rotatable bonds is 6. The van der Waals surface area contributed by atoms with Crippen LogP contribution in [0.3, 0.4) is 0 Å². The number of carboxylic acid groups (broad SMARTS) is 1. The molecular weight excluding hydrogens is 322 g/mol. The summed E-state index contributed by atoms with van der Waals surface area (Å²) in [7, 11) is 0. The monoisotopic (exact) mass is 345 g/mol. The highest BCUT2D eigenvalue weighted by Gasteiger charge is 2.23. The van der Waals surface area contributed by atoms with Crippen LogP contribution < -0.4 is 11.0 Å². The summed E-state index contributed by atoms with van der Waals surface area (Å²) < 4.78 is 1.78. The van der Waals surface area contributed by atoms with Crippen molar-refractivity contribution < 1.29 is 14.7 Å². The predicted octanol–water partition coefficient (Wildman–Crippen LogP) is 2.43. The number of H-pyrrole nitrogens is 1. The Hall–Kier alpha value is -2.57. The molecule has 1 aliphatic rings. The maximum atomic E-state index is 12.4. The van der Waals surface area contributed by atoms with Crippen LogP contribution in [0.5, 0.6) is 0 Å². The van der Waals surface area contributed by atoms with Gasteiger partial charge in [0, 0.05) is 11.6 Å². The number of nitrogens with one attached hydrogen (secondary N) is 2. The number of aromatic amines is 1. The van der Waals surface area contributed by atoms with E-state index in [0.29, 0.717) is 23.9 Å². The molecule has 1 heterocycles. The Morgan fingerprint density at radius 1 is 1.36 bits per heavy atom. The van der Waals surface area contributed by atoms with Gasteiger partial charge < -0.3 is 15.4 Å². The zero-order chi connectivity index (χ0) is 18.0. The highest BCUT2D eigenvalue weighted by Crippen LogP contribution is 2.30. The Morgan fingerprint density at radius 3 is 2.72 bits per heavy atom. The van der Waals surface area contributed by atoms with Crippen molar-refractivity contribution in [1.29, 1.82) is 0 Å². The molecule has 1 amide bonds. The molecule has 1 aromatic heterocycles. The molecule has 7 heteroatoms. The lowest BCUT2D eigenvalue weighted by atomic mass is 10.1. The van der Waals surface area contributed by atoms with Crippen LogP contribution in [0.4, 0.5) is 0 Å². The number of carbonyl (C=O) groups is 2. The average molecular weight is 345 g/mol. The SMILES string of the molecule is CCCC(NC(=O)c1ccc2c(c1)[nH]c(=O)n2C1CCCC1)C(=O)O. The van der Waals surface area contributed by atoms with Crippen LogP contribution in [0.25, 0.3) is 11.0 Å². The number of hydrogen-bond donors (Lipinski definition) is 3. The van der Waals surface area contributed by atoms with Crippen molar-refractivity contribution >= 4 is 22.9 Å². The van der Waals surface area contributed by atoms with Crippen LogP contribution in [0.1, 0.15) is 61.8 Å². The Balaban J connectivity index is 1.87. The van der Waals surface area contributed by atoms with Crippen LogP contribution in [0.2, 0.25) is 0 Å². The third kappa shape index (κ3) is 3.45. The van der Waals surface area contributed by atoms with E-state index in [4.69, 9.17) is 5.11 Å². The summed E-state index contributed by atoms with van der Waals surface area (Å²) in [5.41, 5.74) is 1.58. The van der Waals surface area contributed by atoms with Crippen molar-refractivity contribution in [3.05, 3.63) is 34.2 Å². The summed E-state index contributed by atoms with van der Waals surface area (Å²) >= 11 is 0. The first kappa shape index (κ1) is 17.3. The van der Waals surface area contributed by atoms with E-state index in [2.05, 4.69) is 10.3 Å². The molecule has 3 N–H and O–H groups in total. The number of aliphatic carboxylic acids is 1. The van der Waals surface area contributed by atoms with Crippen LogP contribution in [0.15, 0.2) is 23.0 Å². The van der Waals surface area contributed by atoms with Crippen molar-refractivity contribution in [2.45, 2.75) is 57.5 Å². The maximum absolute atomic E-state index is 12.4. The molecule has 7 nitrogen and oxygen atoms in total. The van der Waals surface area contributed by atoms with E-state index >= 15 is 0 Å². The second kappa shape index (κ2) is 7.13. The van der Waals surface area contributed by atoms with E-state index in [1.807, 2.05) is 6.92 Å². The Morgan fingerprint density at radius 2 is 2.08 bits per heavy atom. The summed E-state index contributed by atoms with van der Waals surface area (Å²) in [5, 5.41) is 11.7. The molecule has 0 aliphatic heterocycles. The first-order valence-corrected chi connectivity index (χ1v) is 8.79. The predicted molar refractivity (Wildman–Crippen MR) is 93.9 cm³/mol. The second-order valence-electron chi connectivity index (χ2n) is 6.62. The smallest absolute Gasteiger partial charge is 0.326 e. The van der Waals surface area contributed by atoms with E-state index in [0.717, 1.165) is 31.2 Å². The third-order valence-corrected chi connectivity index (χ3v) is 4.85. The van der Waals surface area contributed by atoms with E-state index in [1.165, 1.54) is 0 Å². The molecule has 134 valence electrons. The zero-order valence-corrected chi connectivity index (χ0v) is 14.2. The molecule has 0 bridgehead atoms. The number of imidazole rings is 1. The molecule has 3 rings (SSSR count). The summed E-state index contributed by atoms with van der Waals surface area (Å²) in [4.78, 5) is 38.7. The molecular formula is C18H23N3O4. The minimum atomic E-state index is -1.04. The van der Waals surface area contributed by atoms with E-state index in [-0.39, 0.29) is 11.7 Å². The Bertz CT molecular complexity index is 846. The van der Waals surface area contributed by atoms with Gasteiger partial charge in [0.25, 0.3) is 5.91 Å². The molecule has 0 saturated heterocycles.